The average Bonchev–Trinajstić information content (AvgIpc) is 2.33. The summed E-state index contributed by atoms with van der Waals surface area (Å²) in [6.45, 7) is 3.06. The van der Waals surface area contributed by atoms with E-state index < -0.39 is 5.91 Å². The van der Waals surface area contributed by atoms with Gasteiger partial charge in [0, 0.05) is 18.2 Å². The molecule has 1 aromatic rings. The van der Waals surface area contributed by atoms with Crippen LogP contribution in [-0.2, 0) is 16.1 Å². The first kappa shape index (κ1) is 13.3. The largest absolute Gasteiger partial charge is 0.496 e. The van der Waals surface area contributed by atoms with E-state index in [4.69, 9.17) is 15.2 Å². The zero-order valence-corrected chi connectivity index (χ0v) is 10.1. The van der Waals surface area contributed by atoms with Crippen LogP contribution in [0.3, 0.4) is 0 Å². The fourth-order valence-electron chi connectivity index (χ4n) is 1.41. The van der Waals surface area contributed by atoms with Gasteiger partial charge in [0.25, 0.3) is 0 Å². The van der Waals surface area contributed by atoms with Crippen molar-refractivity contribution in [2.24, 2.45) is 5.73 Å². The highest BCUT2D eigenvalue weighted by atomic mass is 16.5. The first-order valence-corrected chi connectivity index (χ1v) is 5.39. The van der Waals surface area contributed by atoms with Gasteiger partial charge in [-0.25, -0.2) is 0 Å². The molecule has 1 aromatic carbocycles. The number of hydrogen-bond acceptors (Lipinski definition) is 3. The van der Waals surface area contributed by atoms with Crippen molar-refractivity contribution in [2.45, 2.75) is 13.5 Å². The highest BCUT2D eigenvalue weighted by Crippen LogP contribution is 2.21. The number of rotatable bonds is 6. The van der Waals surface area contributed by atoms with Gasteiger partial charge >= 0.3 is 0 Å². The summed E-state index contributed by atoms with van der Waals surface area (Å²) in [4.78, 5) is 10.6. The molecule has 0 aliphatic rings. The van der Waals surface area contributed by atoms with E-state index in [-0.39, 0.29) is 0 Å². The van der Waals surface area contributed by atoms with Crippen molar-refractivity contribution in [2.75, 3.05) is 13.7 Å². The van der Waals surface area contributed by atoms with Crippen LogP contribution in [0.5, 0.6) is 5.75 Å². The Bertz CT molecular complexity index is 413. The van der Waals surface area contributed by atoms with E-state index >= 15 is 0 Å². The molecule has 0 saturated carbocycles. The van der Waals surface area contributed by atoms with E-state index in [0.717, 1.165) is 16.9 Å². The number of ether oxygens (including phenoxy) is 2. The second-order valence-electron chi connectivity index (χ2n) is 3.44. The summed E-state index contributed by atoms with van der Waals surface area (Å²) in [6.07, 6.45) is 2.99. The minimum atomic E-state index is -0.466. The zero-order valence-electron chi connectivity index (χ0n) is 10.1. The third-order valence-electron chi connectivity index (χ3n) is 2.21. The van der Waals surface area contributed by atoms with Crippen LogP contribution in [-0.4, -0.2) is 19.6 Å². The van der Waals surface area contributed by atoms with Crippen LogP contribution in [0.25, 0.3) is 6.08 Å². The number of nitrogens with two attached hydrogens (primary N) is 1. The molecule has 1 amide bonds. The lowest BCUT2D eigenvalue weighted by Crippen LogP contribution is -2.05. The van der Waals surface area contributed by atoms with Crippen LogP contribution in [0.2, 0.25) is 0 Å². The van der Waals surface area contributed by atoms with Crippen molar-refractivity contribution < 1.29 is 14.3 Å². The fraction of sp³-hybridized carbons (Fsp3) is 0.308. The molecular weight excluding hydrogens is 218 g/mol. The number of carbonyl (C=O) groups excluding carboxylic acids is 1. The SMILES string of the molecule is CCOCc1cc(/C=C\C(N)=O)ccc1OC. The fourth-order valence-corrected chi connectivity index (χ4v) is 1.41. The molecule has 0 fully saturated rings. The van der Waals surface area contributed by atoms with Gasteiger partial charge in [-0.05, 0) is 30.7 Å². The Balaban J connectivity index is 2.91. The van der Waals surface area contributed by atoms with Crippen molar-refractivity contribution in [3.8, 4) is 5.75 Å². The number of carbonyl (C=O) groups is 1. The molecule has 4 nitrogen and oxygen atoms in total. The van der Waals surface area contributed by atoms with Crippen LogP contribution in [0, 0.1) is 0 Å². The smallest absolute Gasteiger partial charge is 0.241 e. The van der Waals surface area contributed by atoms with Gasteiger partial charge in [0.05, 0.1) is 13.7 Å². The molecule has 0 aromatic heterocycles. The molecule has 0 heterocycles. The molecule has 0 aliphatic carbocycles. The van der Waals surface area contributed by atoms with Crippen molar-refractivity contribution in [1.29, 1.82) is 0 Å². The highest BCUT2D eigenvalue weighted by Gasteiger charge is 2.03. The summed E-state index contributed by atoms with van der Waals surface area (Å²) >= 11 is 0. The highest BCUT2D eigenvalue weighted by molar-refractivity contribution is 5.90. The molecule has 4 heteroatoms. The number of hydrogen-bond donors (Lipinski definition) is 1. The van der Waals surface area contributed by atoms with Gasteiger partial charge in [-0.3, -0.25) is 4.79 Å². The topological polar surface area (TPSA) is 61.5 Å². The zero-order chi connectivity index (χ0) is 12.7. The summed E-state index contributed by atoms with van der Waals surface area (Å²) in [7, 11) is 1.61. The van der Waals surface area contributed by atoms with Crippen molar-refractivity contribution in [3.05, 3.63) is 35.4 Å². The Morgan fingerprint density at radius 1 is 1.47 bits per heavy atom. The lowest BCUT2D eigenvalue weighted by atomic mass is 10.1. The summed E-state index contributed by atoms with van der Waals surface area (Å²) in [5.74, 6) is 0.307. The van der Waals surface area contributed by atoms with Crippen LogP contribution < -0.4 is 10.5 Å². The van der Waals surface area contributed by atoms with E-state index in [1.807, 2.05) is 25.1 Å². The summed E-state index contributed by atoms with van der Waals surface area (Å²) in [5, 5.41) is 0. The molecule has 0 bridgehead atoms. The Morgan fingerprint density at radius 2 is 2.24 bits per heavy atom. The van der Waals surface area contributed by atoms with E-state index in [0.29, 0.717) is 13.2 Å². The minimum absolute atomic E-state index is 0.466. The minimum Gasteiger partial charge on any atom is -0.496 e. The second kappa shape index (κ2) is 6.70. The third-order valence-corrected chi connectivity index (χ3v) is 2.21. The Labute approximate surface area is 101 Å². The van der Waals surface area contributed by atoms with Gasteiger partial charge in [0.2, 0.25) is 5.91 Å². The van der Waals surface area contributed by atoms with Gasteiger partial charge in [-0.1, -0.05) is 6.07 Å². The standard InChI is InChI=1S/C13H17NO3/c1-3-17-9-11-8-10(5-7-13(14)15)4-6-12(11)16-2/h4-8H,3,9H2,1-2H3,(H2,14,15)/b7-5-. The molecule has 1 rings (SSSR count). The maximum Gasteiger partial charge on any atom is 0.241 e. The van der Waals surface area contributed by atoms with Crippen LogP contribution >= 0.6 is 0 Å². The van der Waals surface area contributed by atoms with Crippen molar-refractivity contribution in [3.63, 3.8) is 0 Å². The van der Waals surface area contributed by atoms with Crippen LogP contribution in [0.4, 0.5) is 0 Å². The van der Waals surface area contributed by atoms with E-state index in [9.17, 15) is 4.79 Å². The molecule has 2 N–H and O–H groups in total. The van der Waals surface area contributed by atoms with Gasteiger partial charge < -0.3 is 15.2 Å². The van der Waals surface area contributed by atoms with Gasteiger partial charge in [-0.15, -0.1) is 0 Å². The van der Waals surface area contributed by atoms with Crippen molar-refractivity contribution in [1.82, 2.24) is 0 Å². The lowest BCUT2D eigenvalue weighted by Gasteiger charge is -2.09. The number of benzene rings is 1. The normalized spacial score (nSPS) is 10.7. The average molecular weight is 235 g/mol. The number of primary amides is 1. The Morgan fingerprint density at radius 3 is 2.82 bits per heavy atom. The maximum absolute atomic E-state index is 10.6. The lowest BCUT2D eigenvalue weighted by molar-refractivity contribution is -0.113. The predicted molar refractivity (Wildman–Crippen MR) is 66.6 cm³/mol. The molecule has 0 spiro atoms. The predicted octanol–water partition coefficient (Wildman–Crippen LogP) is 1.73. The molecule has 0 aliphatic heterocycles. The second-order valence-corrected chi connectivity index (χ2v) is 3.44. The van der Waals surface area contributed by atoms with Gasteiger partial charge in [-0.2, -0.15) is 0 Å². The molecular formula is C13H17NO3. The molecule has 0 radical (unpaired) electrons. The third kappa shape index (κ3) is 4.28. The van der Waals surface area contributed by atoms with E-state index in [1.165, 1.54) is 6.08 Å². The van der Waals surface area contributed by atoms with Gasteiger partial charge in [0.1, 0.15) is 5.75 Å². The maximum atomic E-state index is 10.6. The van der Waals surface area contributed by atoms with Gasteiger partial charge in [0.15, 0.2) is 0 Å². The summed E-state index contributed by atoms with van der Waals surface area (Å²) < 4.78 is 10.6. The molecule has 0 saturated heterocycles. The first-order valence-electron chi connectivity index (χ1n) is 5.39. The van der Waals surface area contributed by atoms with E-state index in [2.05, 4.69) is 0 Å². The van der Waals surface area contributed by atoms with Crippen LogP contribution in [0.1, 0.15) is 18.1 Å². The monoisotopic (exact) mass is 235 g/mol. The van der Waals surface area contributed by atoms with E-state index in [1.54, 1.807) is 13.2 Å². The van der Waals surface area contributed by atoms with Crippen molar-refractivity contribution >= 4 is 12.0 Å². The number of amides is 1. The summed E-state index contributed by atoms with van der Waals surface area (Å²) in [6, 6.07) is 5.61. The molecule has 92 valence electrons. The summed E-state index contributed by atoms with van der Waals surface area (Å²) in [5.41, 5.74) is 6.87. The quantitative estimate of drug-likeness (QED) is 0.764. The molecule has 0 unspecified atom stereocenters. The molecule has 0 atom stereocenters. The molecule has 17 heavy (non-hydrogen) atoms. The Hall–Kier alpha value is -1.81. The first-order chi connectivity index (χ1) is 8.17. The van der Waals surface area contributed by atoms with Crippen LogP contribution in [0.15, 0.2) is 24.3 Å². The Kier molecular flexibility index (Phi) is 5.23. The number of methoxy groups -OCH3 is 1.